The first-order chi connectivity index (χ1) is 8.27. The normalized spacial score (nSPS) is 21.6. The summed E-state index contributed by atoms with van der Waals surface area (Å²) in [4.78, 5) is 11.2. The fraction of sp³-hybridized carbons (Fsp3) is 0.750. The van der Waals surface area contributed by atoms with Gasteiger partial charge in [0.1, 0.15) is 0 Å². The van der Waals surface area contributed by atoms with E-state index in [2.05, 4.69) is 10.3 Å². The third-order valence-corrected chi connectivity index (χ3v) is 3.82. The summed E-state index contributed by atoms with van der Waals surface area (Å²) in [6.45, 7) is 0. The minimum Gasteiger partial charge on any atom is -0.476 e. The van der Waals surface area contributed by atoms with Gasteiger partial charge in [0.05, 0.1) is 11.7 Å². The third kappa shape index (κ3) is 1.94. The number of aromatic nitrogens is 3. The molecular weight excluding hydrogens is 218 g/mol. The number of carboxylic acid groups (broad SMARTS) is 1. The number of carbonyl (C=O) groups is 1. The summed E-state index contributed by atoms with van der Waals surface area (Å²) in [6.07, 6.45) is 8.05. The van der Waals surface area contributed by atoms with E-state index in [1.54, 1.807) is 0 Å². The zero-order valence-electron chi connectivity index (χ0n) is 9.80. The molecule has 0 aromatic carbocycles. The van der Waals surface area contributed by atoms with E-state index in [0.717, 1.165) is 31.4 Å². The lowest BCUT2D eigenvalue weighted by Gasteiger charge is -2.22. The minimum absolute atomic E-state index is 0.184. The molecule has 0 amide bonds. The van der Waals surface area contributed by atoms with E-state index < -0.39 is 5.97 Å². The van der Waals surface area contributed by atoms with E-state index >= 15 is 0 Å². The largest absolute Gasteiger partial charge is 0.476 e. The van der Waals surface area contributed by atoms with Gasteiger partial charge in [0, 0.05) is 5.92 Å². The first-order valence-corrected chi connectivity index (χ1v) is 6.45. The molecule has 3 rings (SSSR count). The maximum atomic E-state index is 11.2. The number of nitrogens with zero attached hydrogens (tertiary/aromatic N) is 3. The SMILES string of the molecule is O=C(O)c1nnn(C2CC2)c1C1CCCCC1. The fourth-order valence-electron chi connectivity index (χ4n) is 2.80. The molecule has 2 saturated carbocycles. The van der Waals surface area contributed by atoms with Crippen molar-refractivity contribution in [3.05, 3.63) is 11.4 Å². The number of aromatic carboxylic acids is 1. The molecule has 0 atom stereocenters. The molecule has 1 heterocycles. The van der Waals surface area contributed by atoms with Crippen LogP contribution in [0.5, 0.6) is 0 Å². The van der Waals surface area contributed by atoms with Gasteiger partial charge in [0.15, 0.2) is 5.69 Å². The lowest BCUT2D eigenvalue weighted by Crippen LogP contribution is -2.15. The number of hydrogen-bond donors (Lipinski definition) is 1. The summed E-state index contributed by atoms with van der Waals surface area (Å²) in [7, 11) is 0. The van der Waals surface area contributed by atoms with Crippen molar-refractivity contribution >= 4 is 5.97 Å². The highest BCUT2D eigenvalue weighted by Gasteiger charge is 2.34. The Bertz CT molecular complexity index is 431. The van der Waals surface area contributed by atoms with Gasteiger partial charge in [-0.2, -0.15) is 0 Å². The summed E-state index contributed by atoms with van der Waals surface area (Å²) in [5.74, 6) is -0.581. The van der Waals surface area contributed by atoms with E-state index in [4.69, 9.17) is 0 Å². The maximum absolute atomic E-state index is 11.2. The highest BCUT2D eigenvalue weighted by molar-refractivity contribution is 5.86. The van der Waals surface area contributed by atoms with E-state index in [1.165, 1.54) is 19.3 Å². The number of hydrogen-bond acceptors (Lipinski definition) is 3. The monoisotopic (exact) mass is 235 g/mol. The molecule has 0 unspecified atom stereocenters. The van der Waals surface area contributed by atoms with Gasteiger partial charge in [-0.15, -0.1) is 5.10 Å². The Kier molecular flexibility index (Phi) is 2.61. The zero-order valence-corrected chi connectivity index (χ0v) is 9.80. The Morgan fingerprint density at radius 3 is 2.47 bits per heavy atom. The summed E-state index contributed by atoms with van der Waals surface area (Å²) in [6, 6.07) is 0.410. The Morgan fingerprint density at radius 1 is 1.18 bits per heavy atom. The smallest absolute Gasteiger partial charge is 0.358 e. The molecule has 5 nitrogen and oxygen atoms in total. The van der Waals surface area contributed by atoms with Gasteiger partial charge in [-0.25, -0.2) is 9.48 Å². The first kappa shape index (κ1) is 10.7. The Hall–Kier alpha value is -1.39. The van der Waals surface area contributed by atoms with Gasteiger partial charge in [-0.05, 0) is 25.7 Å². The zero-order chi connectivity index (χ0) is 11.8. The first-order valence-electron chi connectivity index (χ1n) is 6.45. The summed E-state index contributed by atoms with van der Waals surface area (Å²) >= 11 is 0. The molecule has 0 saturated heterocycles. The van der Waals surface area contributed by atoms with Gasteiger partial charge in [0.25, 0.3) is 0 Å². The maximum Gasteiger partial charge on any atom is 0.358 e. The number of rotatable bonds is 3. The van der Waals surface area contributed by atoms with Crippen LogP contribution in [0.3, 0.4) is 0 Å². The van der Waals surface area contributed by atoms with Crippen molar-refractivity contribution < 1.29 is 9.90 Å². The predicted octanol–water partition coefficient (Wildman–Crippen LogP) is 2.36. The van der Waals surface area contributed by atoms with Crippen LogP contribution in [0.2, 0.25) is 0 Å². The Balaban J connectivity index is 1.97. The van der Waals surface area contributed by atoms with Crippen LogP contribution >= 0.6 is 0 Å². The van der Waals surface area contributed by atoms with Crippen LogP contribution in [-0.2, 0) is 0 Å². The van der Waals surface area contributed by atoms with Crippen LogP contribution in [-0.4, -0.2) is 26.1 Å². The predicted molar refractivity (Wildman–Crippen MR) is 61.1 cm³/mol. The minimum atomic E-state index is -0.933. The van der Waals surface area contributed by atoms with Gasteiger partial charge in [-0.1, -0.05) is 24.5 Å². The van der Waals surface area contributed by atoms with Crippen LogP contribution < -0.4 is 0 Å². The molecular formula is C12H17N3O2. The standard InChI is InChI=1S/C12H17N3O2/c16-12(17)10-11(8-4-2-1-3-5-8)15(14-13-10)9-6-7-9/h8-9H,1-7H2,(H,16,17). The van der Waals surface area contributed by atoms with Crippen molar-refractivity contribution in [1.82, 2.24) is 15.0 Å². The second-order valence-corrected chi connectivity index (χ2v) is 5.14. The lowest BCUT2D eigenvalue weighted by atomic mass is 9.86. The summed E-state index contributed by atoms with van der Waals surface area (Å²) in [5.41, 5.74) is 1.07. The molecule has 2 aliphatic rings. The highest BCUT2D eigenvalue weighted by Crippen LogP contribution is 2.40. The molecule has 5 heteroatoms. The summed E-state index contributed by atoms with van der Waals surface area (Å²) < 4.78 is 1.89. The van der Waals surface area contributed by atoms with E-state index in [-0.39, 0.29) is 5.69 Å². The van der Waals surface area contributed by atoms with E-state index in [0.29, 0.717) is 12.0 Å². The molecule has 0 bridgehead atoms. The van der Waals surface area contributed by atoms with Gasteiger partial charge >= 0.3 is 5.97 Å². The van der Waals surface area contributed by atoms with Gasteiger partial charge in [-0.3, -0.25) is 0 Å². The molecule has 2 fully saturated rings. The van der Waals surface area contributed by atoms with Crippen LogP contribution in [0.15, 0.2) is 0 Å². The lowest BCUT2D eigenvalue weighted by molar-refractivity contribution is 0.0688. The van der Waals surface area contributed by atoms with Crippen LogP contribution in [0, 0.1) is 0 Å². The molecule has 17 heavy (non-hydrogen) atoms. The molecule has 0 aliphatic heterocycles. The average Bonchev–Trinajstić information content (AvgIpc) is 3.08. The Morgan fingerprint density at radius 2 is 1.88 bits per heavy atom. The second-order valence-electron chi connectivity index (χ2n) is 5.14. The average molecular weight is 235 g/mol. The number of carboxylic acids is 1. The van der Waals surface area contributed by atoms with E-state index in [1.807, 2.05) is 4.68 Å². The highest BCUT2D eigenvalue weighted by atomic mass is 16.4. The molecule has 2 aliphatic carbocycles. The van der Waals surface area contributed by atoms with Crippen LogP contribution in [0.4, 0.5) is 0 Å². The molecule has 1 N–H and O–H groups in total. The van der Waals surface area contributed by atoms with Crippen molar-refractivity contribution in [2.75, 3.05) is 0 Å². The van der Waals surface area contributed by atoms with Crippen molar-refractivity contribution in [2.24, 2.45) is 0 Å². The van der Waals surface area contributed by atoms with Crippen molar-refractivity contribution in [2.45, 2.75) is 56.9 Å². The second kappa shape index (κ2) is 4.13. The molecule has 1 aromatic heterocycles. The molecule has 0 radical (unpaired) electrons. The van der Waals surface area contributed by atoms with Gasteiger partial charge < -0.3 is 5.11 Å². The Labute approximate surface area is 99.8 Å². The quantitative estimate of drug-likeness (QED) is 0.873. The summed E-state index contributed by atoms with van der Waals surface area (Å²) in [5, 5.41) is 17.1. The van der Waals surface area contributed by atoms with Crippen molar-refractivity contribution in [3.8, 4) is 0 Å². The fourth-order valence-corrected chi connectivity index (χ4v) is 2.80. The van der Waals surface area contributed by atoms with Crippen LogP contribution in [0.25, 0.3) is 0 Å². The molecule has 1 aromatic rings. The topological polar surface area (TPSA) is 68.0 Å². The van der Waals surface area contributed by atoms with Crippen molar-refractivity contribution in [1.29, 1.82) is 0 Å². The van der Waals surface area contributed by atoms with Crippen molar-refractivity contribution in [3.63, 3.8) is 0 Å². The van der Waals surface area contributed by atoms with E-state index in [9.17, 15) is 9.90 Å². The molecule has 92 valence electrons. The third-order valence-electron chi connectivity index (χ3n) is 3.82. The van der Waals surface area contributed by atoms with Crippen LogP contribution in [0.1, 0.15) is 73.1 Å². The molecule has 0 spiro atoms. The van der Waals surface area contributed by atoms with Gasteiger partial charge in [0.2, 0.25) is 0 Å².